The second-order valence-electron chi connectivity index (χ2n) is 9.55. The molecule has 2 N–H and O–H groups in total. The molecular formula is C24H28N4O5. The quantitative estimate of drug-likeness (QED) is 0.284. The molecule has 3 fully saturated rings. The lowest BCUT2D eigenvalue weighted by molar-refractivity contribution is -0.384. The van der Waals surface area contributed by atoms with Gasteiger partial charge in [-0.25, -0.2) is 0 Å². The van der Waals surface area contributed by atoms with E-state index in [0.717, 1.165) is 32.1 Å². The third-order valence-electron chi connectivity index (χ3n) is 7.61. The summed E-state index contributed by atoms with van der Waals surface area (Å²) in [6.07, 6.45) is 10.2. The number of likely N-dealkylation sites (tertiary alicyclic amines) is 1. The fraction of sp³-hybridized carbons (Fsp3) is 0.542. The van der Waals surface area contributed by atoms with Crippen LogP contribution in [0.5, 0.6) is 0 Å². The predicted octanol–water partition coefficient (Wildman–Crippen LogP) is 2.88. The number of benzene rings is 1. The molecule has 0 unspecified atom stereocenters. The molecule has 1 aromatic rings. The Morgan fingerprint density at radius 1 is 1.06 bits per heavy atom. The van der Waals surface area contributed by atoms with Gasteiger partial charge in [-0.3, -0.25) is 29.4 Å². The zero-order valence-corrected chi connectivity index (χ0v) is 18.4. The largest absolute Gasteiger partial charge is 0.378 e. The molecule has 0 aromatic heterocycles. The van der Waals surface area contributed by atoms with E-state index < -0.39 is 4.92 Å². The van der Waals surface area contributed by atoms with Crippen LogP contribution in [0.15, 0.2) is 30.4 Å². The second-order valence-corrected chi connectivity index (χ2v) is 9.55. The van der Waals surface area contributed by atoms with E-state index in [0.29, 0.717) is 0 Å². The van der Waals surface area contributed by atoms with E-state index in [9.17, 15) is 24.5 Å². The highest BCUT2D eigenvalue weighted by Gasteiger charge is 2.58. The maximum absolute atomic E-state index is 12.8. The lowest BCUT2D eigenvalue weighted by Crippen LogP contribution is -2.36. The van der Waals surface area contributed by atoms with E-state index in [-0.39, 0.29) is 77.5 Å². The summed E-state index contributed by atoms with van der Waals surface area (Å²) in [6.45, 7) is 0.360. The van der Waals surface area contributed by atoms with E-state index in [4.69, 9.17) is 0 Å². The zero-order chi connectivity index (χ0) is 23.1. The summed E-state index contributed by atoms with van der Waals surface area (Å²) in [4.78, 5) is 50.5. The molecule has 1 saturated heterocycles. The Morgan fingerprint density at radius 2 is 1.73 bits per heavy atom. The fourth-order valence-corrected chi connectivity index (χ4v) is 5.98. The number of nitrogens with zero attached hydrogens (tertiary/aromatic N) is 2. The van der Waals surface area contributed by atoms with Crippen LogP contribution in [0.2, 0.25) is 0 Å². The third-order valence-corrected chi connectivity index (χ3v) is 7.61. The predicted molar refractivity (Wildman–Crippen MR) is 120 cm³/mol. The average Bonchev–Trinajstić information content (AvgIpc) is 3.49. The number of imide groups is 1. The van der Waals surface area contributed by atoms with Crippen molar-refractivity contribution in [3.05, 3.63) is 46.0 Å². The monoisotopic (exact) mass is 452 g/mol. The van der Waals surface area contributed by atoms with Gasteiger partial charge in [0.1, 0.15) is 5.69 Å². The first-order valence-electron chi connectivity index (χ1n) is 11.8. The van der Waals surface area contributed by atoms with Crippen molar-refractivity contribution in [1.82, 2.24) is 10.2 Å². The van der Waals surface area contributed by atoms with Crippen LogP contribution in [0.3, 0.4) is 0 Å². The van der Waals surface area contributed by atoms with Crippen LogP contribution < -0.4 is 10.6 Å². The van der Waals surface area contributed by atoms with Crippen LogP contribution in [0.1, 0.15) is 48.9 Å². The summed E-state index contributed by atoms with van der Waals surface area (Å²) in [7, 11) is 0. The highest BCUT2D eigenvalue weighted by molar-refractivity contribution is 6.06. The van der Waals surface area contributed by atoms with Crippen molar-refractivity contribution in [3.8, 4) is 0 Å². The lowest BCUT2D eigenvalue weighted by Gasteiger charge is -2.22. The van der Waals surface area contributed by atoms with Crippen molar-refractivity contribution in [1.29, 1.82) is 0 Å². The molecule has 4 aliphatic rings. The zero-order valence-electron chi connectivity index (χ0n) is 18.4. The molecule has 2 saturated carbocycles. The first-order valence-corrected chi connectivity index (χ1v) is 11.8. The molecule has 3 amide bonds. The van der Waals surface area contributed by atoms with Crippen LogP contribution >= 0.6 is 0 Å². The summed E-state index contributed by atoms with van der Waals surface area (Å²) >= 11 is 0. The topological polar surface area (TPSA) is 122 Å². The Kier molecular flexibility index (Phi) is 5.64. The number of nitro benzene ring substituents is 1. The Morgan fingerprint density at radius 3 is 2.36 bits per heavy atom. The molecule has 9 nitrogen and oxygen atoms in total. The van der Waals surface area contributed by atoms with Crippen molar-refractivity contribution < 1.29 is 19.3 Å². The first kappa shape index (κ1) is 21.6. The third kappa shape index (κ3) is 3.89. The number of nitro groups is 1. The van der Waals surface area contributed by atoms with Gasteiger partial charge in [0.25, 0.3) is 11.6 Å². The lowest BCUT2D eigenvalue weighted by atomic mass is 9.85. The summed E-state index contributed by atoms with van der Waals surface area (Å²) < 4.78 is 0. The van der Waals surface area contributed by atoms with Crippen molar-refractivity contribution in [2.45, 2.75) is 44.6 Å². The molecule has 1 aromatic carbocycles. The first-order chi connectivity index (χ1) is 15.9. The Hall–Kier alpha value is -3.23. The number of rotatable bonds is 7. The second kappa shape index (κ2) is 8.61. The van der Waals surface area contributed by atoms with Crippen LogP contribution in [0.4, 0.5) is 11.4 Å². The molecule has 4 atom stereocenters. The SMILES string of the molecule is O=C(NC1CCCCC1)c1ccc(NCCN2C(=O)[C@@H]3[C@@H](C2=O)[C@H]2C=C[C@H]3C2)c([N+](=O)[O-])c1. The van der Waals surface area contributed by atoms with Gasteiger partial charge in [0, 0.05) is 30.8 Å². The van der Waals surface area contributed by atoms with E-state index in [2.05, 4.69) is 10.6 Å². The molecule has 2 bridgehead atoms. The van der Waals surface area contributed by atoms with Crippen LogP contribution in [0.25, 0.3) is 0 Å². The van der Waals surface area contributed by atoms with E-state index in [1.54, 1.807) is 6.07 Å². The number of amides is 3. The molecule has 9 heteroatoms. The molecular weight excluding hydrogens is 424 g/mol. The van der Waals surface area contributed by atoms with Gasteiger partial charge in [-0.15, -0.1) is 0 Å². The van der Waals surface area contributed by atoms with Gasteiger partial charge in [0.05, 0.1) is 16.8 Å². The smallest absolute Gasteiger partial charge is 0.293 e. The number of hydrogen-bond acceptors (Lipinski definition) is 6. The molecule has 1 aliphatic heterocycles. The minimum absolute atomic E-state index is 0.114. The highest BCUT2D eigenvalue weighted by atomic mass is 16.6. The van der Waals surface area contributed by atoms with Gasteiger partial charge in [-0.05, 0) is 43.2 Å². The minimum Gasteiger partial charge on any atom is -0.378 e. The normalized spacial score (nSPS) is 28.3. The van der Waals surface area contributed by atoms with Gasteiger partial charge in [-0.1, -0.05) is 31.4 Å². The molecule has 0 radical (unpaired) electrons. The number of carbonyl (C=O) groups is 3. The summed E-state index contributed by atoms with van der Waals surface area (Å²) in [5.41, 5.74) is 0.304. The van der Waals surface area contributed by atoms with Gasteiger partial charge >= 0.3 is 0 Å². The maximum Gasteiger partial charge on any atom is 0.293 e. The van der Waals surface area contributed by atoms with Gasteiger partial charge < -0.3 is 10.6 Å². The van der Waals surface area contributed by atoms with Gasteiger partial charge in [0.15, 0.2) is 0 Å². The van der Waals surface area contributed by atoms with E-state index >= 15 is 0 Å². The van der Waals surface area contributed by atoms with Gasteiger partial charge in [0.2, 0.25) is 11.8 Å². The number of allylic oxidation sites excluding steroid dienone is 2. The number of carbonyl (C=O) groups excluding carboxylic acids is 3. The highest BCUT2D eigenvalue weighted by Crippen LogP contribution is 2.52. The molecule has 174 valence electrons. The molecule has 5 rings (SSSR count). The standard InChI is InChI=1S/C24H28N4O5/c29-22(26-17-4-2-1-3-5-17)16-8-9-18(19(13-16)28(32)33)25-10-11-27-23(30)20-14-6-7-15(12-14)21(20)24(27)31/h6-9,13-15,17,20-21,25H,1-5,10-12H2,(H,26,29)/t14-,15-,20-,21-/m0/s1. The maximum atomic E-state index is 12.8. The minimum atomic E-state index is -0.528. The molecule has 33 heavy (non-hydrogen) atoms. The average molecular weight is 453 g/mol. The molecule has 3 aliphatic carbocycles. The van der Waals surface area contributed by atoms with Gasteiger partial charge in [-0.2, -0.15) is 0 Å². The van der Waals surface area contributed by atoms with Crippen molar-refractivity contribution in [2.75, 3.05) is 18.4 Å². The van der Waals surface area contributed by atoms with E-state index in [1.165, 1.54) is 23.5 Å². The van der Waals surface area contributed by atoms with Crippen LogP contribution in [0, 0.1) is 33.8 Å². The van der Waals surface area contributed by atoms with Crippen LogP contribution in [-0.4, -0.2) is 46.7 Å². The molecule has 1 heterocycles. The number of anilines is 1. The van der Waals surface area contributed by atoms with Crippen LogP contribution in [-0.2, 0) is 9.59 Å². The Bertz CT molecular complexity index is 1000. The van der Waals surface area contributed by atoms with Crippen molar-refractivity contribution >= 4 is 29.1 Å². The van der Waals surface area contributed by atoms with Crippen molar-refractivity contribution in [2.24, 2.45) is 23.7 Å². The fourth-order valence-electron chi connectivity index (χ4n) is 5.98. The number of nitrogens with one attached hydrogen (secondary N) is 2. The molecule has 0 spiro atoms. The van der Waals surface area contributed by atoms with Crippen molar-refractivity contribution in [3.63, 3.8) is 0 Å². The van der Waals surface area contributed by atoms with E-state index in [1.807, 2.05) is 12.2 Å². The summed E-state index contributed by atoms with van der Waals surface area (Å²) in [5, 5.41) is 17.6. The summed E-state index contributed by atoms with van der Waals surface area (Å²) in [5.74, 6) is -0.751. The Balaban J connectivity index is 1.21. The number of fused-ring (bicyclic) bond motifs is 5. The number of hydrogen-bond donors (Lipinski definition) is 2. The summed E-state index contributed by atoms with van der Waals surface area (Å²) in [6, 6.07) is 4.47. The Labute approximate surface area is 191 Å².